The molecule has 0 saturated carbocycles. The Morgan fingerprint density at radius 3 is 1.24 bits per heavy atom. The van der Waals surface area contributed by atoms with Crippen molar-refractivity contribution < 1.29 is 49.0 Å². The number of halogens is 9. The maximum Gasteiger partial charge on any atom is 0.422 e. The first-order valence-corrected chi connectivity index (χ1v) is 5.25. The molecule has 0 heterocycles. The van der Waals surface area contributed by atoms with Crippen molar-refractivity contribution in [3.05, 3.63) is 0 Å². The van der Waals surface area contributed by atoms with E-state index in [4.69, 9.17) is 0 Å². The van der Waals surface area contributed by atoms with E-state index in [9.17, 15) is 44.3 Å². The molecule has 0 fully saturated rings. The highest BCUT2D eigenvalue weighted by atomic mass is 19.4. The minimum Gasteiger partial charge on any atom is -0.464 e. The van der Waals surface area contributed by atoms with Crippen LogP contribution in [0.15, 0.2) is 0 Å². The molecule has 0 rings (SSSR count). The molecule has 0 aliphatic rings. The molecule has 0 spiro atoms. The number of esters is 1. The maximum absolute atomic E-state index is 12.5. The van der Waals surface area contributed by atoms with Crippen molar-refractivity contribution in [1.29, 1.82) is 0 Å². The predicted molar refractivity (Wildman–Crippen MR) is 51.0 cm³/mol. The first-order valence-electron chi connectivity index (χ1n) is 5.25. The van der Waals surface area contributed by atoms with Gasteiger partial charge in [-0.05, 0) is 5.41 Å². The van der Waals surface area contributed by atoms with Gasteiger partial charge in [0.15, 0.2) is 0 Å². The number of ether oxygens (including phenoxy) is 1. The highest BCUT2D eigenvalue weighted by Gasteiger charge is 2.89. The third-order valence-electron chi connectivity index (χ3n) is 2.22. The SMILES string of the molecule is CC(C)(C)COC(=O)C(C(F)(F)F)(C(F)(F)F)C(F)(F)F. The second-order valence-corrected chi connectivity index (χ2v) is 5.38. The Balaban J connectivity index is 6.01. The van der Waals surface area contributed by atoms with Gasteiger partial charge in [0.05, 0.1) is 6.61 Å². The monoisotopic (exact) mass is 334 g/mol. The van der Waals surface area contributed by atoms with E-state index < -0.39 is 41.9 Å². The Bertz CT molecular complexity index is 347. The molecule has 0 aliphatic carbocycles. The van der Waals surface area contributed by atoms with Gasteiger partial charge in [0, 0.05) is 0 Å². The Morgan fingerprint density at radius 2 is 1.05 bits per heavy atom. The van der Waals surface area contributed by atoms with Crippen molar-refractivity contribution in [2.75, 3.05) is 6.61 Å². The molecule has 0 atom stereocenters. The summed E-state index contributed by atoms with van der Waals surface area (Å²) < 4.78 is 116. The molecule has 0 aromatic heterocycles. The first kappa shape index (κ1) is 19.8. The van der Waals surface area contributed by atoms with E-state index in [1.165, 1.54) is 20.8 Å². The van der Waals surface area contributed by atoms with Crippen LogP contribution in [0.4, 0.5) is 39.5 Å². The molecule has 0 saturated heterocycles. The standard InChI is InChI=1S/C10H11F9O2/c1-6(2,3)4-21-5(20)7(8(11,12)13,9(14,15)16)10(17,18)19/h4H2,1-3H3. The minimum absolute atomic E-state index is 1.05. The number of alkyl halides is 9. The van der Waals surface area contributed by atoms with Gasteiger partial charge in [-0.2, -0.15) is 39.5 Å². The molecule has 0 aliphatic heterocycles. The Morgan fingerprint density at radius 1 is 0.762 bits per heavy atom. The first-order chi connectivity index (χ1) is 8.88. The van der Waals surface area contributed by atoms with E-state index >= 15 is 0 Å². The summed E-state index contributed by atoms with van der Waals surface area (Å²) in [6.07, 6.45) is -20.8. The van der Waals surface area contributed by atoms with Gasteiger partial charge in [0.2, 0.25) is 0 Å². The zero-order valence-corrected chi connectivity index (χ0v) is 10.9. The summed E-state index contributed by atoms with van der Waals surface area (Å²) in [6.45, 7) is 2.69. The van der Waals surface area contributed by atoms with Gasteiger partial charge < -0.3 is 4.74 Å². The summed E-state index contributed by atoms with van der Waals surface area (Å²) >= 11 is 0. The van der Waals surface area contributed by atoms with Crippen molar-refractivity contribution in [3.63, 3.8) is 0 Å². The van der Waals surface area contributed by atoms with Gasteiger partial charge in [-0.3, -0.25) is 4.79 Å². The van der Waals surface area contributed by atoms with Gasteiger partial charge in [-0.25, -0.2) is 0 Å². The average Bonchev–Trinajstić information content (AvgIpc) is 2.06. The van der Waals surface area contributed by atoms with Crippen LogP contribution in [-0.2, 0) is 9.53 Å². The fourth-order valence-corrected chi connectivity index (χ4v) is 1.22. The smallest absolute Gasteiger partial charge is 0.422 e. The van der Waals surface area contributed by atoms with E-state index in [1.807, 2.05) is 0 Å². The summed E-state index contributed by atoms with van der Waals surface area (Å²) in [5.41, 5.74) is -7.69. The van der Waals surface area contributed by atoms with Gasteiger partial charge in [-0.1, -0.05) is 20.8 Å². The van der Waals surface area contributed by atoms with Crippen LogP contribution in [0.25, 0.3) is 0 Å². The molecule has 0 aromatic rings. The molecule has 11 heteroatoms. The van der Waals surface area contributed by atoms with E-state index in [-0.39, 0.29) is 0 Å². The van der Waals surface area contributed by atoms with E-state index in [0.717, 1.165) is 0 Å². The van der Waals surface area contributed by atoms with Gasteiger partial charge in [-0.15, -0.1) is 0 Å². The van der Waals surface area contributed by atoms with E-state index in [2.05, 4.69) is 4.74 Å². The second-order valence-electron chi connectivity index (χ2n) is 5.38. The van der Waals surface area contributed by atoms with Crippen molar-refractivity contribution in [2.24, 2.45) is 10.8 Å². The number of rotatable bonds is 2. The molecule has 0 radical (unpaired) electrons. The fourth-order valence-electron chi connectivity index (χ4n) is 1.22. The van der Waals surface area contributed by atoms with E-state index in [1.54, 1.807) is 0 Å². The van der Waals surface area contributed by atoms with Gasteiger partial charge in [0.25, 0.3) is 0 Å². The number of carbonyl (C=O) groups excluding carboxylic acids is 1. The summed E-state index contributed by atoms with van der Waals surface area (Å²) in [5.74, 6) is -3.44. The third-order valence-corrected chi connectivity index (χ3v) is 2.22. The molecule has 2 nitrogen and oxygen atoms in total. The quantitative estimate of drug-likeness (QED) is 0.557. The molecular weight excluding hydrogens is 323 g/mol. The number of carbonyl (C=O) groups is 1. The topological polar surface area (TPSA) is 26.3 Å². The maximum atomic E-state index is 12.5. The lowest BCUT2D eigenvalue weighted by Crippen LogP contribution is -2.65. The summed E-state index contributed by atoms with van der Waals surface area (Å²) in [6, 6.07) is 0. The van der Waals surface area contributed by atoms with Crippen LogP contribution in [0.3, 0.4) is 0 Å². The Kier molecular flexibility index (Phi) is 4.95. The summed E-state index contributed by atoms with van der Waals surface area (Å²) in [4.78, 5) is 11.1. The molecule has 0 N–H and O–H groups in total. The molecular formula is C10H11F9O2. The zero-order valence-electron chi connectivity index (χ0n) is 10.9. The highest BCUT2D eigenvalue weighted by Crippen LogP contribution is 2.60. The Hall–Kier alpha value is -1.16. The van der Waals surface area contributed by atoms with Crippen molar-refractivity contribution in [2.45, 2.75) is 39.3 Å². The minimum atomic E-state index is -6.95. The van der Waals surface area contributed by atoms with Crippen LogP contribution < -0.4 is 0 Å². The van der Waals surface area contributed by atoms with Gasteiger partial charge in [0.1, 0.15) is 0 Å². The lowest BCUT2D eigenvalue weighted by Gasteiger charge is -2.36. The van der Waals surface area contributed by atoms with Crippen LogP contribution in [-0.4, -0.2) is 31.1 Å². The van der Waals surface area contributed by atoms with Crippen molar-refractivity contribution >= 4 is 5.97 Å². The van der Waals surface area contributed by atoms with Crippen LogP contribution in [0.1, 0.15) is 20.8 Å². The number of hydrogen-bond acceptors (Lipinski definition) is 2. The average molecular weight is 334 g/mol. The van der Waals surface area contributed by atoms with E-state index in [0.29, 0.717) is 0 Å². The highest BCUT2D eigenvalue weighted by molar-refractivity contribution is 5.80. The summed E-state index contributed by atoms with van der Waals surface area (Å²) in [7, 11) is 0. The zero-order chi connectivity index (χ0) is 17.5. The van der Waals surface area contributed by atoms with Crippen LogP contribution in [0, 0.1) is 10.8 Å². The lowest BCUT2D eigenvalue weighted by atomic mass is 9.85. The number of hydrogen-bond donors (Lipinski definition) is 0. The third kappa shape index (κ3) is 3.73. The second kappa shape index (κ2) is 5.24. The van der Waals surface area contributed by atoms with Crippen LogP contribution in [0.5, 0.6) is 0 Å². The fraction of sp³-hybridized carbons (Fsp3) is 0.900. The molecule has 0 unspecified atom stereocenters. The Labute approximate surface area is 113 Å². The molecule has 126 valence electrons. The van der Waals surface area contributed by atoms with Crippen molar-refractivity contribution in [3.8, 4) is 0 Å². The molecule has 0 aromatic carbocycles. The molecule has 0 amide bonds. The van der Waals surface area contributed by atoms with Crippen LogP contribution >= 0.6 is 0 Å². The predicted octanol–water partition coefficient (Wildman–Crippen LogP) is 4.25. The lowest BCUT2D eigenvalue weighted by molar-refractivity contribution is -0.412. The van der Waals surface area contributed by atoms with Gasteiger partial charge >= 0.3 is 29.9 Å². The largest absolute Gasteiger partial charge is 0.464 e. The summed E-state index contributed by atoms with van der Waals surface area (Å²) in [5, 5.41) is 0. The van der Waals surface area contributed by atoms with Crippen molar-refractivity contribution in [1.82, 2.24) is 0 Å². The molecule has 0 bridgehead atoms. The normalized spacial score (nSPS) is 15.0. The van der Waals surface area contributed by atoms with Crippen LogP contribution in [0.2, 0.25) is 0 Å². The molecule has 21 heavy (non-hydrogen) atoms.